The fourth-order valence-corrected chi connectivity index (χ4v) is 4.13. The predicted molar refractivity (Wildman–Crippen MR) is 153 cm³/mol. The van der Waals surface area contributed by atoms with Gasteiger partial charge in [-0.25, -0.2) is 4.98 Å². The number of hydrogen-bond acceptors (Lipinski definition) is 5. The van der Waals surface area contributed by atoms with E-state index < -0.39 is 0 Å². The van der Waals surface area contributed by atoms with Crippen LogP contribution < -0.4 is 16.2 Å². The fraction of sp³-hybridized carbons (Fsp3) is 0.226. The van der Waals surface area contributed by atoms with Gasteiger partial charge >= 0.3 is 0 Å². The summed E-state index contributed by atoms with van der Waals surface area (Å²) < 4.78 is 1.59. The average molecular weight is 509 g/mol. The number of anilines is 3. The third-order valence-electron chi connectivity index (χ3n) is 6.50. The number of benzene rings is 3. The Kier molecular flexibility index (Phi) is 7.57. The predicted octanol–water partition coefficient (Wildman–Crippen LogP) is 6.34. The highest BCUT2D eigenvalue weighted by atomic mass is 16.1. The Morgan fingerprint density at radius 2 is 1.68 bits per heavy atom. The summed E-state index contributed by atoms with van der Waals surface area (Å²) in [5.41, 5.74) is 5.59. The molecule has 0 atom stereocenters. The third-order valence-corrected chi connectivity index (χ3v) is 6.50. The molecule has 0 unspecified atom stereocenters. The van der Waals surface area contributed by atoms with E-state index in [9.17, 15) is 14.4 Å². The van der Waals surface area contributed by atoms with Crippen LogP contribution in [0.2, 0.25) is 0 Å². The van der Waals surface area contributed by atoms with Crippen LogP contribution in [-0.4, -0.2) is 21.7 Å². The summed E-state index contributed by atoms with van der Waals surface area (Å²) in [5.74, 6) is -0.0192. The van der Waals surface area contributed by atoms with Crippen LogP contribution in [0.15, 0.2) is 77.7 Å². The molecule has 0 aliphatic rings. The molecular formula is C31H32N4O3. The molecule has 38 heavy (non-hydrogen) atoms. The van der Waals surface area contributed by atoms with Gasteiger partial charge < -0.3 is 15.2 Å². The smallest absolute Gasteiger partial charge is 0.293 e. The van der Waals surface area contributed by atoms with Crippen molar-refractivity contribution < 1.29 is 9.59 Å². The van der Waals surface area contributed by atoms with Crippen LogP contribution in [0.5, 0.6) is 0 Å². The van der Waals surface area contributed by atoms with Crippen LogP contribution in [0, 0.1) is 6.92 Å². The van der Waals surface area contributed by atoms with Gasteiger partial charge in [0.1, 0.15) is 6.29 Å². The van der Waals surface area contributed by atoms with Gasteiger partial charge in [0.25, 0.3) is 11.5 Å². The zero-order chi connectivity index (χ0) is 27.4. The zero-order valence-corrected chi connectivity index (χ0v) is 22.3. The van der Waals surface area contributed by atoms with Crippen molar-refractivity contribution in [2.45, 2.75) is 46.6 Å². The Morgan fingerprint density at radius 3 is 2.29 bits per heavy atom. The van der Waals surface area contributed by atoms with Gasteiger partial charge in [0.05, 0.1) is 5.69 Å². The van der Waals surface area contributed by atoms with Crippen molar-refractivity contribution >= 4 is 29.4 Å². The van der Waals surface area contributed by atoms with Crippen molar-refractivity contribution in [2.24, 2.45) is 0 Å². The Hall–Kier alpha value is -4.52. The van der Waals surface area contributed by atoms with Gasteiger partial charge in [-0.3, -0.25) is 14.4 Å². The molecule has 0 radical (unpaired) electrons. The number of carbonyl (C=O) groups excluding carboxylic acids is 2. The maximum Gasteiger partial charge on any atom is 0.293 e. The molecule has 0 aliphatic heterocycles. The first kappa shape index (κ1) is 26.5. The molecule has 7 nitrogen and oxygen atoms in total. The molecule has 0 aliphatic carbocycles. The van der Waals surface area contributed by atoms with E-state index in [4.69, 9.17) is 0 Å². The summed E-state index contributed by atoms with van der Waals surface area (Å²) >= 11 is 0. The summed E-state index contributed by atoms with van der Waals surface area (Å²) in [6.45, 7) is 10.7. The molecule has 7 heteroatoms. The number of nitrogens with one attached hydrogen (secondary N) is 2. The van der Waals surface area contributed by atoms with E-state index in [1.807, 2.05) is 56.3 Å². The monoisotopic (exact) mass is 508 g/mol. The normalized spacial score (nSPS) is 11.2. The molecule has 0 bridgehead atoms. The Balaban J connectivity index is 1.65. The van der Waals surface area contributed by atoms with Crippen LogP contribution in [0.1, 0.15) is 59.5 Å². The third kappa shape index (κ3) is 5.72. The van der Waals surface area contributed by atoms with Gasteiger partial charge in [0.2, 0.25) is 0 Å². The van der Waals surface area contributed by atoms with E-state index in [-0.39, 0.29) is 22.7 Å². The summed E-state index contributed by atoms with van der Waals surface area (Å²) in [6.07, 6.45) is 2.49. The van der Waals surface area contributed by atoms with Crippen molar-refractivity contribution in [3.05, 3.63) is 106 Å². The van der Waals surface area contributed by atoms with Crippen molar-refractivity contribution in [3.63, 3.8) is 0 Å². The maximum absolute atomic E-state index is 13.0. The molecule has 194 valence electrons. The number of aromatic nitrogens is 2. The molecular weight excluding hydrogens is 476 g/mol. The first-order chi connectivity index (χ1) is 18.1. The first-order valence-corrected chi connectivity index (χ1v) is 12.6. The second-order valence-corrected chi connectivity index (χ2v) is 10.2. The molecule has 0 saturated heterocycles. The molecule has 0 fully saturated rings. The Bertz CT molecular complexity index is 1530. The topological polar surface area (TPSA) is 93.1 Å². The Morgan fingerprint density at radius 1 is 1.00 bits per heavy atom. The summed E-state index contributed by atoms with van der Waals surface area (Å²) in [6, 6.07) is 20.1. The highest BCUT2D eigenvalue weighted by Gasteiger charge is 2.17. The highest BCUT2D eigenvalue weighted by Crippen LogP contribution is 2.29. The van der Waals surface area contributed by atoms with Crippen LogP contribution in [-0.2, 0) is 12.0 Å². The number of aldehydes is 1. The van der Waals surface area contributed by atoms with E-state index in [2.05, 4.69) is 36.4 Å². The summed E-state index contributed by atoms with van der Waals surface area (Å²) in [5, 5.41) is 6.10. The van der Waals surface area contributed by atoms with E-state index in [1.165, 1.54) is 0 Å². The van der Waals surface area contributed by atoms with Crippen molar-refractivity contribution in [3.8, 4) is 11.3 Å². The number of hydrogen-bond donors (Lipinski definition) is 2. The quantitative estimate of drug-likeness (QED) is 0.284. The van der Waals surface area contributed by atoms with E-state index in [0.717, 1.165) is 23.0 Å². The molecule has 1 aromatic heterocycles. The second-order valence-electron chi connectivity index (χ2n) is 10.2. The molecule has 1 amide bonds. The van der Waals surface area contributed by atoms with Gasteiger partial charge in [0, 0.05) is 40.8 Å². The van der Waals surface area contributed by atoms with Gasteiger partial charge in [-0.15, -0.1) is 0 Å². The van der Waals surface area contributed by atoms with Crippen LogP contribution >= 0.6 is 0 Å². The summed E-state index contributed by atoms with van der Waals surface area (Å²) in [7, 11) is 0. The lowest BCUT2D eigenvalue weighted by atomic mass is 9.86. The first-order valence-electron chi connectivity index (χ1n) is 12.6. The molecule has 1 heterocycles. The van der Waals surface area contributed by atoms with Crippen molar-refractivity contribution in [2.75, 3.05) is 10.6 Å². The minimum absolute atomic E-state index is 0.00852. The lowest BCUT2D eigenvalue weighted by Crippen LogP contribution is -2.23. The fourth-order valence-electron chi connectivity index (χ4n) is 4.13. The Labute approximate surface area is 222 Å². The van der Waals surface area contributed by atoms with Crippen LogP contribution in [0.4, 0.5) is 17.2 Å². The number of carbonyl (C=O) groups is 2. The summed E-state index contributed by atoms with van der Waals surface area (Å²) in [4.78, 5) is 41.6. The molecule has 3 aromatic carbocycles. The van der Waals surface area contributed by atoms with E-state index in [0.29, 0.717) is 34.7 Å². The average Bonchev–Trinajstić information content (AvgIpc) is 2.91. The minimum atomic E-state index is -0.253. The van der Waals surface area contributed by atoms with Gasteiger partial charge in [0.15, 0.2) is 5.82 Å². The largest absolute Gasteiger partial charge is 0.336 e. The van der Waals surface area contributed by atoms with Crippen molar-refractivity contribution in [1.29, 1.82) is 0 Å². The lowest BCUT2D eigenvalue weighted by Gasteiger charge is -2.19. The number of nitrogens with zero attached hydrogens (tertiary/aromatic N) is 2. The number of amides is 1. The van der Waals surface area contributed by atoms with Crippen LogP contribution in [0.25, 0.3) is 11.3 Å². The maximum atomic E-state index is 13.0. The minimum Gasteiger partial charge on any atom is -0.336 e. The van der Waals surface area contributed by atoms with E-state index in [1.54, 1.807) is 35.0 Å². The molecule has 4 rings (SSSR count). The van der Waals surface area contributed by atoms with Gasteiger partial charge in [-0.2, -0.15) is 0 Å². The standard InChI is InChI=1S/C31H32N4O3/c1-6-35-18-27(33-28(30(35)38)32-24-16-10-21(19-36)11-17-24)25-8-7-9-26(20(25)2)34-29(37)22-12-14-23(15-13-22)31(3,4)5/h7-19H,6H2,1-5H3,(H,32,33)(H,34,37). The molecule has 4 aromatic rings. The van der Waals surface area contributed by atoms with Crippen molar-refractivity contribution in [1.82, 2.24) is 9.55 Å². The van der Waals surface area contributed by atoms with Crippen LogP contribution in [0.3, 0.4) is 0 Å². The highest BCUT2D eigenvalue weighted by molar-refractivity contribution is 6.05. The number of aryl methyl sites for hydroxylation is 1. The molecule has 0 saturated carbocycles. The van der Waals surface area contributed by atoms with E-state index >= 15 is 0 Å². The lowest BCUT2D eigenvalue weighted by molar-refractivity contribution is 0.102. The van der Waals surface area contributed by atoms with Gasteiger partial charge in [-0.05, 0) is 72.9 Å². The van der Waals surface area contributed by atoms with Gasteiger partial charge in [-0.1, -0.05) is 45.0 Å². The molecule has 2 N–H and O–H groups in total. The molecule has 0 spiro atoms. The number of rotatable bonds is 7. The zero-order valence-electron chi connectivity index (χ0n) is 22.3. The second kappa shape index (κ2) is 10.8. The SMILES string of the molecule is CCn1cc(-c2cccc(NC(=O)c3ccc(C(C)(C)C)cc3)c2C)nc(Nc2ccc(C=O)cc2)c1=O.